The Balaban J connectivity index is 1.77. The van der Waals surface area contributed by atoms with Gasteiger partial charge in [-0.2, -0.15) is 8.78 Å². The largest absolute Gasteiger partial charge is 0.435 e. The average Bonchev–Trinajstić information content (AvgIpc) is 3.11. The highest BCUT2D eigenvalue weighted by atomic mass is 32.2. The van der Waals surface area contributed by atoms with Crippen LogP contribution in [0.1, 0.15) is 10.4 Å². The van der Waals surface area contributed by atoms with Crippen molar-refractivity contribution >= 4 is 39.1 Å². The predicted molar refractivity (Wildman–Crippen MR) is 102 cm³/mol. The van der Waals surface area contributed by atoms with Crippen LogP contribution in [0.3, 0.4) is 0 Å². The fourth-order valence-electron chi connectivity index (χ4n) is 2.37. The summed E-state index contributed by atoms with van der Waals surface area (Å²) in [6.07, 6.45) is 1.59. The first-order valence-corrected chi connectivity index (χ1v) is 9.66. The van der Waals surface area contributed by atoms with Crippen LogP contribution >= 0.6 is 23.1 Å². The number of aromatic nitrogens is 2. The highest BCUT2D eigenvalue weighted by molar-refractivity contribution is 7.99. The van der Waals surface area contributed by atoms with E-state index in [2.05, 4.69) is 16.3 Å². The zero-order valence-electron chi connectivity index (χ0n) is 13.9. The van der Waals surface area contributed by atoms with Gasteiger partial charge in [0, 0.05) is 12.1 Å². The van der Waals surface area contributed by atoms with Crippen LogP contribution in [0.15, 0.2) is 58.3 Å². The number of hydrogen-bond acceptors (Lipinski definition) is 6. The van der Waals surface area contributed by atoms with Crippen LogP contribution in [0.4, 0.5) is 8.78 Å². The Bertz CT molecular complexity index is 1030. The molecule has 0 aliphatic heterocycles. The summed E-state index contributed by atoms with van der Waals surface area (Å²) >= 11 is 2.50. The molecule has 0 aliphatic carbocycles. The maximum absolute atomic E-state index is 12.5. The number of ketones is 1. The molecule has 0 fully saturated rings. The van der Waals surface area contributed by atoms with E-state index in [0.717, 1.165) is 11.8 Å². The van der Waals surface area contributed by atoms with E-state index in [1.807, 2.05) is 0 Å². The summed E-state index contributed by atoms with van der Waals surface area (Å²) in [5.41, 5.74) is 0.184. The first kappa shape index (κ1) is 19.2. The van der Waals surface area contributed by atoms with Crippen molar-refractivity contribution in [1.29, 1.82) is 0 Å². The summed E-state index contributed by atoms with van der Waals surface area (Å²) in [5, 5.41) is 2.76. The fraction of sp³-hybridized carbons (Fsp3) is 0.167. The summed E-state index contributed by atoms with van der Waals surface area (Å²) in [4.78, 5) is 30.0. The van der Waals surface area contributed by atoms with Gasteiger partial charge in [-0.05, 0) is 35.7 Å². The van der Waals surface area contributed by atoms with Crippen LogP contribution in [0.25, 0.3) is 10.2 Å². The van der Waals surface area contributed by atoms with Gasteiger partial charge in [-0.25, -0.2) is 4.98 Å². The number of Topliss-reactive ketones (excluding diaryl/α,β-unsaturated/α-hetero) is 1. The van der Waals surface area contributed by atoms with Crippen LogP contribution in [0.5, 0.6) is 5.75 Å². The number of carbonyl (C=O) groups is 1. The van der Waals surface area contributed by atoms with Crippen molar-refractivity contribution in [2.75, 3.05) is 5.75 Å². The molecule has 3 rings (SSSR count). The van der Waals surface area contributed by atoms with Crippen LogP contribution in [0, 0.1) is 0 Å². The smallest absolute Gasteiger partial charge is 0.387 e. The first-order valence-electron chi connectivity index (χ1n) is 7.79. The second kappa shape index (κ2) is 8.45. The summed E-state index contributed by atoms with van der Waals surface area (Å²) in [6.45, 7) is 1.02. The number of ether oxygens (including phenoxy) is 1. The zero-order chi connectivity index (χ0) is 19.4. The average molecular weight is 408 g/mol. The number of thioether (sulfide) groups is 1. The van der Waals surface area contributed by atoms with Crippen molar-refractivity contribution in [3.63, 3.8) is 0 Å². The number of benzene rings is 1. The van der Waals surface area contributed by atoms with Gasteiger partial charge < -0.3 is 4.74 Å². The fourth-order valence-corrected chi connectivity index (χ4v) is 4.07. The molecule has 0 radical (unpaired) electrons. The molecule has 0 unspecified atom stereocenters. The SMILES string of the molecule is C=CCn1c(SCC(=O)c2ccc(OC(F)F)cc2)nc2sccc2c1=O. The van der Waals surface area contributed by atoms with E-state index in [-0.39, 0.29) is 29.4 Å². The van der Waals surface area contributed by atoms with Crippen LogP contribution < -0.4 is 10.3 Å². The van der Waals surface area contributed by atoms with Crippen molar-refractivity contribution in [2.24, 2.45) is 0 Å². The Morgan fingerprint density at radius 1 is 1.33 bits per heavy atom. The Kier molecular flexibility index (Phi) is 6.02. The quantitative estimate of drug-likeness (QED) is 0.242. The Hall–Kier alpha value is -2.52. The first-order chi connectivity index (χ1) is 13.0. The monoisotopic (exact) mass is 408 g/mol. The van der Waals surface area contributed by atoms with E-state index < -0.39 is 6.61 Å². The molecule has 0 amide bonds. The van der Waals surface area contributed by atoms with Gasteiger partial charge >= 0.3 is 6.61 Å². The molecule has 5 nitrogen and oxygen atoms in total. The molecule has 3 aromatic rings. The van der Waals surface area contributed by atoms with Gasteiger partial charge in [-0.1, -0.05) is 17.8 Å². The molecule has 9 heteroatoms. The highest BCUT2D eigenvalue weighted by Crippen LogP contribution is 2.23. The molecule has 0 aliphatic rings. The molecule has 2 aromatic heterocycles. The third kappa shape index (κ3) is 4.42. The number of halogens is 2. The van der Waals surface area contributed by atoms with Gasteiger partial charge in [0.1, 0.15) is 10.6 Å². The topological polar surface area (TPSA) is 61.2 Å². The van der Waals surface area contributed by atoms with Crippen LogP contribution in [-0.2, 0) is 6.54 Å². The van der Waals surface area contributed by atoms with Gasteiger partial charge in [0.25, 0.3) is 5.56 Å². The molecule has 0 spiro atoms. The molecule has 140 valence electrons. The summed E-state index contributed by atoms with van der Waals surface area (Å²) in [6, 6.07) is 7.19. The lowest BCUT2D eigenvalue weighted by Crippen LogP contribution is -2.22. The number of hydrogen-bond donors (Lipinski definition) is 0. The molecule has 0 bridgehead atoms. The summed E-state index contributed by atoms with van der Waals surface area (Å²) < 4.78 is 30.1. The van der Waals surface area contributed by atoms with E-state index >= 15 is 0 Å². The Morgan fingerprint density at radius 3 is 2.74 bits per heavy atom. The van der Waals surface area contributed by atoms with E-state index in [1.54, 1.807) is 17.5 Å². The maximum Gasteiger partial charge on any atom is 0.387 e. The van der Waals surface area contributed by atoms with E-state index in [4.69, 9.17) is 0 Å². The summed E-state index contributed by atoms with van der Waals surface area (Å²) in [5.74, 6) is -0.177. The molecule has 0 N–H and O–H groups in total. The minimum absolute atomic E-state index is 0.0150. The summed E-state index contributed by atoms with van der Waals surface area (Å²) in [7, 11) is 0. The third-order valence-electron chi connectivity index (χ3n) is 3.59. The third-order valence-corrected chi connectivity index (χ3v) is 5.38. The minimum Gasteiger partial charge on any atom is -0.435 e. The van der Waals surface area contributed by atoms with Gasteiger partial charge in [0.05, 0.1) is 11.1 Å². The molecular weight excluding hydrogens is 394 g/mol. The molecule has 2 heterocycles. The van der Waals surface area contributed by atoms with Gasteiger partial charge in [-0.15, -0.1) is 17.9 Å². The number of nitrogens with zero attached hydrogens (tertiary/aromatic N) is 2. The van der Waals surface area contributed by atoms with E-state index in [0.29, 0.717) is 20.9 Å². The lowest BCUT2D eigenvalue weighted by Gasteiger charge is -2.10. The van der Waals surface area contributed by atoms with Gasteiger partial charge in [-0.3, -0.25) is 14.2 Å². The van der Waals surface area contributed by atoms with Crippen molar-refractivity contribution in [2.45, 2.75) is 18.3 Å². The number of thiophene rings is 1. The molecule has 27 heavy (non-hydrogen) atoms. The van der Waals surface area contributed by atoms with Crippen LogP contribution in [0.2, 0.25) is 0 Å². The predicted octanol–water partition coefficient (Wildman–Crippen LogP) is 4.22. The van der Waals surface area contributed by atoms with Gasteiger partial charge in [0.15, 0.2) is 10.9 Å². The number of carbonyl (C=O) groups excluding carboxylic acids is 1. The van der Waals surface area contributed by atoms with Crippen molar-refractivity contribution in [3.05, 3.63) is 64.3 Å². The highest BCUT2D eigenvalue weighted by Gasteiger charge is 2.14. The van der Waals surface area contributed by atoms with Crippen molar-refractivity contribution in [3.8, 4) is 5.75 Å². The molecular formula is C18H14F2N2O3S2. The number of allylic oxidation sites excluding steroid dienone is 1. The molecule has 1 aromatic carbocycles. The zero-order valence-corrected chi connectivity index (χ0v) is 15.6. The maximum atomic E-state index is 12.5. The standard InChI is InChI=1S/C18H14F2N2O3S2/c1-2-8-22-16(24)13-7-9-26-15(13)21-18(22)27-10-14(23)11-3-5-12(6-4-11)25-17(19)20/h2-7,9,17H,1,8,10H2. The van der Waals surface area contributed by atoms with E-state index in [9.17, 15) is 18.4 Å². The lowest BCUT2D eigenvalue weighted by molar-refractivity contribution is -0.0498. The number of alkyl halides is 2. The Labute approximate surface area is 161 Å². The van der Waals surface area contributed by atoms with E-state index in [1.165, 1.54) is 40.2 Å². The Morgan fingerprint density at radius 2 is 2.07 bits per heavy atom. The number of fused-ring (bicyclic) bond motifs is 1. The normalized spacial score (nSPS) is 11.1. The molecule has 0 atom stereocenters. The molecule has 0 saturated carbocycles. The second-order valence-electron chi connectivity index (χ2n) is 5.35. The second-order valence-corrected chi connectivity index (χ2v) is 7.19. The molecule has 0 saturated heterocycles. The lowest BCUT2D eigenvalue weighted by atomic mass is 10.1. The van der Waals surface area contributed by atoms with Crippen molar-refractivity contribution < 1.29 is 18.3 Å². The van der Waals surface area contributed by atoms with Crippen LogP contribution in [-0.4, -0.2) is 27.7 Å². The number of rotatable bonds is 8. The van der Waals surface area contributed by atoms with Crippen molar-refractivity contribution in [1.82, 2.24) is 9.55 Å². The van der Waals surface area contributed by atoms with Gasteiger partial charge in [0.2, 0.25) is 0 Å². The minimum atomic E-state index is -2.91.